The van der Waals surface area contributed by atoms with Crippen LogP contribution in [0.15, 0.2) is 45.5 Å². The number of hydrogen-bond acceptors (Lipinski definition) is 3. The van der Waals surface area contributed by atoms with Crippen molar-refractivity contribution in [1.29, 1.82) is 0 Å². The molecule has 0 aliphatic carbocycles. The van der Waals surface area contributed by atoms with Crippen LogP contribution in [0.4, 0.5) is 10.6 Å². The minimum Gasteiger partial charge on any atom is -0.492 e. The zero-order valence-electron chi connectivity index (χ0n) is 15.1. The van der Waals surface area contributed by atoms with E-state index in [-0.39, 0.29) is 11.4 Å². The second kappa shape index (κ2) is 9.37. The minimum atomic E-state index is -0.282. The Kier molecular flexibility index (Phi) is 7.46. The van der Waals surface area contributed by atoms with Crippen molar-refractivity contribution in [2.75, 3.05) is 18.5 Å². The number of rotatable bonds is 6. The predicted octanol–water partition coefficient (Wildman–Crippen LogP) is 5.49. The summed E-state index contributed by atoms with van der Waals surface area (Å²) >= 11 is 6.86. The van der Waals surface area contributed by atoms with E-state index < -0.39 is 0 Å². The molecule has 2 amide bonds. The summed E-state index contributed by atoms with van der Waals surface area (Å²) in [6.07, 6.45) is 2.33. The van der Waals surface area contributed by atoms with Gasteiger partial charge in [0.1, 0.15) is 11.6 Å². The molecule has 2 rings (SSSR count). The molecule has 0 bridgehead atoms. The lowest BCUT2D eigenvalue weighted by molar-refractivity contribution is 0.250. The molecular weight excluding hydrogens is 462 g/mol. The van der Waals surface area contributed by atoms with E-state index in [2.05, 4.69) is 80.4 Å². The number of pyridine rings is 1. The van der Waals surface area contributed by atoms with E-state index >= 15 is 0 Å². The first-order valence-electron chi connectivity index (χ1n) is 8.35. The number of anilines is 1. The second-order valence-corrected chi connectivity index (χ2v) is 8.61. The Morgan fingerprint density at radius 2 is 1.96 bits per heavy atom. The summed E-state index contributed by atoms with van der Waals surface area (Å²) in [6, 6.07) is 9.41. The Morgan fingerprint density at radius 3 is 2.58 bits per heavy atom. The topological polar surface area (TPSA) is 63.2 Å². The van der Waals surface area contributed by atoms with Gasteiger partial charge in [0.25, 0.3) is 0 Å². The summed E-state index contributed by atoms with van der Waals surface area (Å²) in [5.41, 5.74) is 1.35. The van der Waals surface area contributed by atoms with Crippen LogP contribution in [0, 0.1) is 0 Å². The fraction of sp³-hybridized carbons (Fsp3) is 0.368. The molecule has 0 aliphatic rings. The Labute approximate surface area is 171 Å². The van der Waals surface area contributed by atoms with E-state index in [0.717, 1.165) is 14.7 Å². The van der Waals surface area contributed by atoms with Gasteiger partial charge in [-0.25, -0.2) is 9.78 Å². The van der Waals surface area contributed by atoms with Crippen LogP contribution in [0.1, 0.15) is 32.8 Å². The molecule has 0 radical (unpaired) electrons. The van der Waals surface area contributed by atoms with Gasteiger partial charge in [0.2, 0.25) is 0 Å². The Balaban J connectivity index is 1.70. The van der Waals surface area contributed by atoms with Crippen LogP contribution in [-0.4, -0.2) is 24.2 Å². The number of aromatic nitrogens is 1. The molecule has 1 heterocycles. The van der Waals surface area contributed by atoms with Gasteiger partial charge >= 0.3 is 6.03 Å². The van der Waals surface area contributed by atoms with Gasteiger partial charge in [-0.3, -0.25) is 5.32 Å². The van der Waals surface area contributed by atoms with Crippen LogP contribution >= 0.6 is 31.9 Å². The van der Waals surface area contributed by atoms with Crippen LogP contribution in [0.5, 0.6) is 5.75 Å². The summed E-state index contributed by atoms with van der Waals surface area (Å²) in [6.45, 7) is 7.56. The van der Waals surface area contributed by atoms with Crippen molar-refractivity contribution in [3.05, 3.63) is 51.0 Å². The third kappa shape index (κ3) is 6.61. The molecule has 0 saturated carbocycles. The SMILES string of the molecule is CC(C)(C)c1ccc(OCCCNC(=O)Nc2ccc(Br)cn2)c(Br)c1. The maximum Gasteiger partial charge on any atom is 0.320 e. The first-order chi connectivity index (χ1) is 12.3. The predicted molar refractivity (Wildman–Crippen MR) is 112 cm³/mol. The van der Waals surface area contributed by atoms with E-state index in [0.29, 0.717) is 25.4 Å². The standard InChI is InChI=1S/C19H23Br2N3O2/c1-19(2,3)13-5-7-16(15(21)11-13)26-10-4-9-22-18(25)24-17-8-6-14(20)12-23-17/h5-8,11-12H,4,9-10H2,1-3H3,(H2,22,23,24,25). The summed E-state index contributed by atoms with van der Waals surface area (Å²) in [5.74, 6) is 1.31. The Bertz CT molecular complexity index is 743. The molecule has 26 heavy (non-hydrogen) atoms. The molecule has 7 heteroatoms. The first-order valence-corrected chi connectivity index (χ1v) is 9.93. The van der Waals surface area contributed by atoms with Crippen molar-refractivity contribution >= 4 is 43.7 Å². The maximum atomic E-state index is 11.8. The molecule has 0 saturated heterocycles. The highest BCUT2D eigenvalue weighted by molar-refractivity contribution is 9.10. The number of carbonyl (C=O) groups excluding carboxylic acids is 1. The maximum absolute atomic E-state index is 11.8. The fourth-order valence-corrected chi connectivity index (χ4v) is 2.88. The van der Waals surface area contributed by atoms with Crippen LogP contribution in [-0.2, 0) is 5.41 Å². The zero-order valence-corrected chi connectivity index (χ0v) is 18.3. The highest BCUT2D eigenvalue weighted by Crippen LogP contribution is 2.31. The number of nitrogens with zero attached hydrogens (tertiary/aromatic N) is 1. The highest BCUT2D eigenvalue weighted by Gasteiger charge is 2.15. The quantitative estimate of drug-likeness (QED) is 0.532. The lowest BCUT2D eigenvalue weighted by Gasteiger charge is -2.20. The lowest BCUT2D eigenvalue weighted by atomic mass is 9.87. The van der Waals surface area contributed by atoms with Crippen molar-refractivity contribution in [1.82, 2.24) is 10.3 Å². The average molecular weight is 485 g/mol. The number of ether oxygens (including phenoxy) is 1. The number of amides is 2. The van der Waals surface area contributed by atoms with Crippen molar-refractivity contribution in [2.24, 2.45) is 0 Å². The molecule has 0 fully saturated rings. The average Bonchev–Trinajstić information content (AvgIpc) is 2.57. The summed E-state index contributed by atoms with van der Waals surface area (Å²) in [5, 5.41) is 5.46. The van der Waals surface area contributed by atoms with Gasteiger partial charge in [0.15, 0.2) is 0 Å². The van der Waals surface area contributed by atoms with Gasteiger partial charge in [0, 0.05) is 17.2 Å². The lowest BCUT2D eigenvalue weighted by Crippen LogP contribution is -2.30. The first kappa shape index (κ1) is 20.7. The van der Waals surface area contributed by atoms with Crippen molar-refractivity contribution in [2.45, 2.75) is 32.6 Å². The molecule has 140 valence electrons. The number of nitrogens with one attached hydrogen (secondary N) is 2. The zero-order chi connectivity index (χ0) is 19.2. The van der Waals surface area contributed by atoms with Gasteiger partial charge < -0.3 is 10.1 Å². The van der Waals surface area contributed by atoms with E-state index in [1.807, 2.05) is 12.1 Å². The fourth-order valence-electron chi connectivity index (χ4n) is 2.15. The summed E-state index contributed by atoms with van der Waals surface area (Å²) in [7, 11) is 0. The monoisotopic (exact) mass is 483 g/mol. The van der Waals surface area contributed by atoms with Crippen molar-refractivity contribution in [3.63, 3.8) is 0 Å². The molecule has 0 aliphatic heterocycles. The van der Waals surface area contributed by atoms with E-state index in [1.165, 1.54) is 5.56 Å². The molecule has 5 nitrogen and oxygen atoms in total. The van der Waals surface area contributed by atoms with E-state index in [9.17, 15) is 4.79 Å². The molecule has 2 aromatic rings. The van der Waals surface area contributed by atoms with Crippen LogP contribution < -0.4 is 15.4 Å². The molecule has 0 atom stereocenters. The van der Waals surface area contributed by atoms with Crippen LogP contribution in [0.25, 0.3) is 0 Å². The van der Waals surface area contributed by atoms with Gasteiger partial charge in [-0.2, -0.15) is 0 Å². The van der Waals surface area contributed by atoms with Crippen LogP contribution in [0.2, 0.25) is 0 Å². The van der Waals surface area contributed by atoms with Crippen LogP contribution in [0.3, 0.4) is 0 Å². The summed E-state index contributed by atoms with van der Waals surface area (Å²) < 4.78 is 7.59. The highest BCUT2D eigenvalue weighted by atomic mass is 79.9. The molecule has 2 N–H and O–H groups in total. The van der Waals surface area contributed by atoms with Crippen molar-refractivity contribution < 1.29 is 9.53 Å². The molecule has 0 unspecified atom stereocenters. The number of urea groups is 1. The minimum absolute atomic E-state index is 0.0992. The van der Waals surface area contributed by atoms with Crippen molar-refractivity contribution in [3.8, 4) is 5.75 Å². The van der Waals surface area contributed by atoms with E-state index in [1.54, 1.807) is 12.3 Å². The third-order valence-corrected chi connectivity index (χ3v) is 4.72. The summed E-state index contributed by atoms with van der Waals surface area (Å²) in [4.78, 5) is 15.9. The molecule has 1 aromatic carbocycles. The smallest absolute Gasteiger partial charge is 0.320 e. The number of halogens is 2. The number of benzene rings is 1. The Morgan fingerprint density at radius 1 is 1.19 bits per heavy atom. The Hall–Kier alpha value is -1.60. The van der Waals surface area contributed by atoms with Gasteiger partial charge in [-0.15, -0.1) is 0 Å². The number of hydrogen-bond donors (Lipinski definition) is 2. The van der Waals surface area contributed by atoms with Gasteiger partial charge in [-0.05, 0) is 73.5 Å². The second-order valence-electron chi connectivity index (χ2n) is 6.84. The largest absolute Gasteiger partial charge is 0.492 e. The van der Waals surface area contributed by atoms with Gasteiger partial charge in [-0.1, -0.05) is 26.8 Å². The van der Waals surface area contributed by atoms with E-state index in [4.69, 9.17) is 4.74 Å². The molecule has 0 spiro atoms. The molecular formula is C19H23Br2N3O2. The third-order valence-electron chi connectivity index (χ3n) is 3.63. The number of carbonyl (C=O) groups is 1. The normalized spacial score (nSPS) is 11.1. The van der Waals surface area contributed by atoms with Gasteiger partial charge in [0.05, 0.1) is 11.1 Å². The molecule has 1 aromatic heterocycles.